The number of aromatic nitrogens is 2. The van der Waals surface area contributed by atoms with Crippen molar-refractivity contribution in [2.45, 2.75) is 6.92 Å². The van der Waals surface area contributed by atoms with Gasteiger partial charge < -0.3 is 5.11 Å². The zero-order chi connectivity index (χ0) is 13.1. The molecule has 0 aliphatic heterocycles. The fourth-order valence-corrected chi connectivity index (χ4v) is 1.85. The fraction of sp³-hybridized carbons (Fsp3) is 0.0769. The zero-order valence-corrected chi connectivity index (χ0v) is 11.3. The van der Waals surface area contributed by atoms with Crippen molar-refractivity contribution >= 4 is 28.0 Å². The van der Waals surface area contributed by atoms with E-state index in [4.69, 9.17) is 5.11 Å². The van der Waals surface area contributed by atoms with Gasteiger partial charge in [-0.1, -0.05) is 15.9 Å². The monoisotopic (exact) mass is 306 g/mol. The third-order valence-corrected chi connectivity index (χ3v) is 3.05. The number of carboxylic acid groups (broad SMARTS) is 1. The molecule has 1 heterocycles. The van der Waals surface area contributed by atoms with E-state index in [1.54, 1.807) is 17.0 Å². The molecule has 0 aliphatic carbocycles. The highest BCUT2D eigenvalue weighted by Gasteiger charge is 2.06. The molecule has 92 valence electrons. The molecule has 4 nitrogen and oxygen atoms in total. The molecular weight excluding hydrogens is 296 g/mol. The lowest BCUT2D eigenvalue weighted by Crippen LogP contribution is -1.98. The second-order valence-corrected chi connectivity index (χ2v) is 4.66. The topological polar surface area (TPSA) is 55.1 Å². The van der Waals surface area contributed by atoms with Crippen LogP contribution in [0.1, 0.15) is 11.3 Å². The van der Waals surface area contributed by atoms with Crippen LogP contribution in [-0.4, -0.2) is 20.9 Å². The van der Waals surface area contributed by atoms with Crippen molar-refractivity contribution in [1.82, 2.24) is 9.78 Å². The van der Waals surface area contributed by atoms with Crippen molar-refractivity contribution in [2.24, 2.45) is 0 Å². The smallest absolute Gasteiger partial charge is 0.328 e. The Labute approximate surface area is 113 Å². The van der Waals surface area contributed by atoms with E-state index in [1.165, 1.54) is 0 Å². The van der Waals surface area contributed by atoms with Gasteiger partial charge in [0.15, 0.2) is 0 Å². The Morgan fingerprint density at radius 3 is 2.67 bits per heavy atom. The zero-order valence-electron chi connectivity index (χ0n) is 9.67. The number of rotatable bonds is 3. The molecule has 1 N–H and O–H groups in total. The molecule has 2 aromatic rings. The molecule has 5 heteroatoms. The SMILES string of the molecule is Cc1c(/C=C/C(=O)O)cnn1-c1ccc(Br)cc1. The Hall–Kier alpha value is -1.88. The minimum atomic E-state index is -0.967. The predicted octanol–water partition coefficient (Wildman–Crippen LogP) is 3.04. The summed E-state index contributed by atoms with van der Waals surface area (Å²) in [5.74, 6) is -0.967. The predicted molar refractivity (Wildman–Crippen MR) is 72.7 cm³/mol. The van der Waals surface area contributed by atoms with E-state index in [1.807, 2.05) is 31.2 Å². The third kappa shape index (κ3) is 2.68. The lowest BCUT2D eigenvalue weighted by atomic mass is 10.2. The maximum Gasteiger partial charge on any atom is 0.328 e. The first-order valence-electron chi connectivity index (χ1n) is 5.29. The van der Waals surface area contributed by atoms with Crippen molar-refractivity contribution in [1.29, 1.82) is 0 Å². The van der Waals surface area contributed by atoms with E-state index in [-0.39, 0.29) is 0 Å². The van der Waals surface area contributed by atoms with Crippen LogP contribution in [0.3, 0.4) is 0 Å². The Balaban J connectivity index is 2.36. The van der Waals surface area contributed by atoms with Crippen LogP contribution in [0.5, 0.6) is 0 Å². The van der Waals surface area contributed by atoms with E-state index in [0.29, 0.717) is 0 Å². The largest absolute Gasteiger partial charge is 0.478 e. The summed E-state index contributed by atoms with van der Waals surface area (Å²) in [6.45, 7) is 1.90. The minimum absolute atomic E-state index is 0.792. The average Bonchev–Trinajstić information content (AvgIpc) is 2.69. The fourth-order valence-electron chi connectivity index (χ4n) is 1.59. The van der Waals surface area contributed by atoms with Crippen LogP contribution in [0.15, 0.2) is 41.0 Å². The number of carbonyl (C=O) groups is 1. The van der Waals surface area contributed by atoms with Gasteiger partial charge in [0.2, 0.25) is 0 Å². The van der Waals surface area contributed by atoms with E-state index < -0.39 is 5.97 Å². The summed E-state index contributed by atoms with van der Waals surface area (Å²) in [5.41, 5.74) is 2.63. The molecule has 1 aromatic heterocycles. The van der Waals surface area contributed by atoms with Crippen molar-refractivity contribution in [3.8, 4) is 5.69 Å². The Bertz CT molecular complexity index is 600. The van der Waals surface area contributed by atoms with Crippen LogP contribution >= 0.6 is 15.9 Å². The van der Waals surface area contributed by atoms with Crippen LogP contribution < -0.4 is 0 Å². The third-order valence-electron chi connectivity index (χ3n) is 2.52. The molecule has 0 spiro atoms. The number of aliphatic carboxylic acids is 1. The van der Waals surface area contributed by atoms with Crippen LogP contribution in [0.4, 0.5) is 0 Å². The van der Waals surface area contributed by atoms with E-state index in [0.717, 1.165) is 27.5 Å². The summed E-state index contributed by atoms with van der Waals surface area (Å²) in [4.78, 5) is 10.5. The van der Waals surface area contributed by atoms with Crippen LogP contribution in [0.25, 0.3) is 11.8 Å². The molecule has 0 unspecified atom stereocenters. The van der Waals surface area contributed by atoms with Gasteiger partial charge >= 0.3 is 5.97 Å². The van der Waals surface area contributed by atoms with Gasteiger partial charge in [0, 0.05) is 21.8 Å². The number of halogens is 1. The molecule has 0 atom stereocenters. The van der Waals surface area contributed by atoms with Gasteiger partial charge in [0.05, 0.1) is 11.9 Å². The lowest BCUT2D eigenvalue weighted by molar-refractivity contribution is -0.131. The highest BCUT2D eigenvalue weighted by molar-refractivity contribution is 9.10. The van der Waals surface area contributed by atoms with Gasteiger partial charge in [-0.2, -0.15) is 5.10 Å². The van der Waals surface area contributed by atoms with Crippen molar-refractivity contribution < 1.29 is 9.90 Å². The van der Waals surface area contributed by atoms with Gasteiger partial charge in [-0.25, -0.2) is 9.48 Å². The normalized spacial score (nSPS) is 11.0. The van der Waals surface area contributed by atoms with Crippen molar-refractivity contribution in [2.75, 3.05) is 0 Å². The Morgan fingerprint density at radius 2 is 2.06 bits per heavy atom. The molecule has 1 aromatic carbocycles. The number of carboxylic acids is 1. The van der Waals surface area contributed by atoms with E-state index in [2.05, 4.69) is 21.0 Å². The molecule has 0 amide bonds. The van der Waals surface area contributed by atoms with Crippen molar-refractivity contribution in [3.05, 3.63) is 52.3 Å². The summed E-state index contributed by atoms with van der Waals surface area (Å²) in [5, 5.41) is 12.9. The Morgan fingerprint density at radius 1 is 1.39 bits per heavy atom. The molecule has 0 radical (unpaired) electrons. The summed E-state index contributed by atoms with van der Waals surface area (Å²) in [7, 11) is 0. The molecule has 0 bridgehead atoms. The highest BCUT2D eigenvalue weighted by atomic mass is 79.9. The van der Waals surface area contributed by atoms with Crippen LogP contribution in [0.2, 0.25) is 0 Å². The average molecular weight is 307 g/mol. The first kappa shape index (κ1) is 12.6. The summed E-state index contributed by atoms with van der Waals surface area (Å²) < 4.78 is 2.77. The molecule has 0 saturated carbocycles. The highest BCUT2D eigenvalue weighted by Crippen LogP contribution is 2.17. The number of benzene rings is 1. The molecule has 0 aliphatic rings. The van der Waals surface area contributed by atoms with Crippen LogP contribution in [-0.2, 0) is 4.79 Å². The van der Waals surface area contributed by atoms with Gasteiger partial charge in [-0.3, -0.25) is 0 Å². The molecule has 2 rings (SSSR count). The summed E-state index contributed by atoms with van der Waals surface area (Å²) in [6, 6.07) is 7.75. The van der Waals surface area contributed by atoms with Gasteiger partial charge in [0.25, 0.3) is 0 Å². The molecule has 0 fully saturated rings. The molecule has 18 heavy (non-hydrogen) atoms. The number of hydrogen-bond donors (Lipinski definition) is 1. The minimum Gasteiger partial charge on any atom is -0.478 e. The lowest BCUT2D eigenvalue weighted by Gasteiger charge is -2.04. The second-order valence-electron chi connectivity index (χ2n) is 3.75. The first-order chi connectivity index (χ1) is 8.58. The first-order valence-corrected chi connectivity index (χ1v) is 6.09. The summed E-state index contributed by atoms with van der Waals surface area (Å²) >= 11 is 3.38. The summed E-state index contributed by atoms with van der Waals surface area (Å²) in [6.07, 6.45) is 4.30. The molecule has 0 saturated heterocycles. The van der Waals surface area contributed by atoms with Gasteiger partial charge in [-0.05, 0) is 37.3 Å². The standard InChI is InChI=1S/C13H11BrN2O2/c1-9-10(2-7-13(17)18)8-15-16(9)12-5-3-11(14)4-6-12/h2-8H,1H3,(H,17,18)/b7-2+. The van der Waals surface area contributed by atoms with Crippen LogP contribution in [0, 0.1) is 6.92 Å². The second kappa shape index (κ2) is 5.18. The maximum absolute atomic E-state index is 10.5. The molecular formula is C13H11BrN2O2. The number of nitrogens with zero attached hydrogens (tertiary/aromatic N) is 2. The number of hydrogen-bond acceptors (Lipinski definition) is 2. The van der Waals surface area contributed by atoms with E-state index in [9.17, 15) is 4.79 Å². The van der Waals surface area contributed by atoms with Gasteiger partial charge in [0.1, 0.15) is 0 Å². The maximum atomic E-state index is 10.5. The van der Waals surface area contributed by atoms with E-state index >= 15 is 0 Å². The van der Waals surface area contributed by atoms with Crippen molar-refractivity contribution in [3.63, 3.8) is 0 Å². The Kier molecular flexibility index (Phi) is 3.62. The quantitative estimate of drug-likeness (QED) is 0.887. The van der Waals surface area contributed by atoms with Gasteiger partial charge in [-0.15, -0.1) is 0 Å².